The average Bonchev–Trinajstić information content (AvgIpc) is 2.42. The molecule has 0 aliphatic heterocycles. The van der Waals surface area contributed by atoms with E-state index in [4.69, 9.17) is 0 Å². The molecule has 0 aromatic carbocycles. The lowest BCUT2D eigenvalue weighted by atomic mass is 9.75. The summed E-state index contributed by atoms with van der Waals surface area (Å²) in [6, 6.07) is 1.46. The van der Waals surface area contributed by atoms with E-state index >= 15 is 0 Å². The van der Waals surface area contributed by atoms with Crippen LogP contribution >= 0.6 is 0 Å². The van der Waals surface area contributed by atoms with Crippen molar-refractivity contribution < 1.29 is 9.59 Å². The van der Waals surface area contributed by atoms with Gasteiger partial charge >= 0.3 is 0 Å². The van der Waals surface area contributed by atoms with Crippen LogP contribution in [-0.4, -0.2) is 48.8 Å². The van der Waals surface area contributed by atoms with Crippen molar-refractivity contribution in [2.45, 2.75) is 26.7 Å². The van der Waals surface area contributed by atoms with Crippen molar-refractivity contribution in [3.63, 3.8) is 0 Å². The highest BCUT2D eigenvalue weighted by atomic mass is 16.2. The zero-order chi connectivity index (χ0) is 16.5. The Morgan fingerprint density at radius 1 is 1.36 bits per heavy atom. The van der Waals surface area contributed by atoms with Gasteiger partial charge in [-0.15, -0.1) is 0 Å². The second-order valence-electron chi connectivity index (χ2n) is 6.68. The Labute approximate surface area is 129 Å². The molecule has 2 N–H and O–H groups in total. The van der Waals surface area contributed by atoms with Gasteiger partial charge < -0.3 is 15.2 Å². The van der Waals surface area contributed by atoms with E-state index in [1.807, 2.05) is 13.8 Å². The number of aromatic nitrogens is 1. The quantitative estimate of drug-likeness (QED) is 0.863. The number of nitrogens with one attached hydrogen (secondary N) is 2. The van der Waals surface area contributed by atoms with Crippen molar-refractivity contribution in [3.8, 4) is 0 Å². The van der Waals surface area contributed by atoms with Crippen molar-refractivity contribution in [2.75, 3.05) is 27.2 Å². The molecule has 0 unspecified atom stereocenters. The molecular formula is C16H23N3O3. The van der Waals surface area contributed by atoms with E-state index in [2.05, 4.69) is 10.3 Å². The summed E-state index contributed by atoms with van der Waals surface area (Å²) in [6.45, 7) is 5.12. The SMILES string of the molecule is CNCCN(C)C(=O)c1cc2c([nH]c1=O)CC(C)(C)CC2=O. The van der Waals surface area contributed by atoms with Crippen LogP contribution in [0.5, 0.6) is 0 Å². The Bertz CT molecular complexity index is 661. The van der Waals surface area contributed by atoms with Gasteiger partial charge in [-0.25, -0.2) is 0 Å². The Morgan fingerprint density at radius 3 is 2.68 bits per heavy atom. The summed E-state index contributed by atoms with van der Waals surface area (Å²) in [5, 5.41) is 2.95. The number of rotatable bonds is 4. The molecule has 2 rings (SSSR count). The first-order valence-electron chi connectivity index (χ1n) is 7.44. The van der Waals surface area contributed by atoms with Crippen molar-refractivity contribution in [1.82, 2.24) is 15.2 Å². The fraction of sp³-hybridized carbons (Fsp3) is 0.562. The van der Waals surface area contributed by atoms with Crippen LogP contribution in [0.2, 0.25) is 0 Å². The van der Waals surface area contributed by atoms with E-state index in [1.165, 1.54) is 11.0 Å². The maximum atomic E-state index is 12.4. The minimum absolute atomic E-state index is 0.0190. The predicted molar refractivity (Wildman–Crippen MR) is 84.4 cm³/mol. The van der Waals surface area contributed by atoms with Gasteiger partial charge in [-0.3, -0.25) is 14.4 Å². The number of nitrogens with zero attached hydrogens (tertiary/aromatic N) is 1. The average molecular weight is 305 g/mol. The van der Waals surface area contributed by atoms with Crippen LogP contribution in [0.1, 0.15) is 46.7 Å². The molecule has 0 radical (unpaired) electrons. The molecule has 1 aromatic rings. The lowest BCUT2D eigenvalue weighted by Crippen LogP contribution is -2.37. The molecule has 6 nitrogen and oxygen atoms in total. The predicted octanol–water partition coefficient (Wildman–Crippen LogP) is 0.821. The number of likely N-dealkylation sites (N-methyl/N-ethyl adjacent to an activating group) is 2. The first kappa shape index (κ1) is 16.4. The summed E-state index contributed by atoms with van der Waals surface area (Å²) in [5.74, 6) is -0.383. The fourth-order valence-corrected chi connectivity index (χ4v) is 2.77. The standard InChI is InChI=1S/C16H23N3O3/c1-16(2)8-12-10(13(20)9-16)7-11(14(21)18-12)15(22)19(4)6-5-17-3/h7,17H,5-6,8-9H2,1-4H3,(H,18,21). The number of H-pyrrole nitrogens is 1. The summed E-state index contributed by atoms with van der Waals surface area (Å²) >= 11 is 0. The van der Waals surface area contributed by atoms with E-state index in [0.29, 0.717) is 37.2 Å². The third kappa shape index (κ3) is 3.27. The number of hydrogen-bond donors (Lipinski definition) is 2. The highest BCUT2D eigenvalue weighted by Gasteiger charge is 2.32. The molecule has 0 atom stereocenters. The molecule has 0 spiro atoms. The zero-order valence-electron chi connectivity index (χ0n) is 13.6. The lowest BCUT2D eigenvalue weighted by molar-refractivity contribution is 0.0795. The Balaban J connectivity index is 2.37. The smallest absolute Gasteiger partial charge is 0.261 e. The topological polar surface area (TPSA) is 82.3 Å². The molecule has 120 valence electrons. The highest BCUT2D eigenvalue weighted by molar-refractivity contribution is 6.02. The van der Waals surface area contributed by atoms with Crippen molar-refractivity contribution in [1.29, 1.82) is 0 Å². The van der Waals surface area contributed by atoms with Crippen LogP contribution in [0, 0.1) is 5.41 Å². The summed E-state index contributed by atoms with van der Waals surface area (Å²) < 4.78 is 0. The summed E-state index contributed by atoms with van der Waals surface area (Å²) in [4.78, 5) is 41.0. The van der Waals surface area contributed by atoms with Crippen LogP contribution in [0.25, 0.3) is 0 Å². The Hall–Kier alpha value is -1.95. The van der Waals surface area contributed by atoms with E-state index in [1.54, 1.807) is 14.1 Å². The largest absolute Gasteiger partial charge is 0.340 e. The minimum atomic E-state index is -0.425. The number of hydrogen-bond acceptors (Lipinski definition) is 4. The van der Waals surface area contributed by atoms with Crippen LogP contribution in [-0.2, 0) is 6.42 Å². The summed E-state index contributed by atoms with van der Waals surface area (Å²) in [6.07, 6.45) is 1.06. The molecule has 0 saturated heterocycles. The molecule has 1 amide bonds. The first-order chi connectivity index (χ1) is 10.2. The van der Waals surface area contributed by atoms with Gasteiger partial charge in [0.2, 0.25) is 0 Å². The first-order valence-corrected chi connectivity index (χ1v) is 7.44. The molecule has 1 heterocycles. The van der Waals surface area contributed by atoms with E-state index in [-0.39, 0.29) is 22.7 Å². The monoisotopic (exact) mass is 305 g/mol. The number of aromatic amines is 1. The number of ketones is 1. The van der Waals surface area contributed by atoms with Crippen LogP contribution < -0.4 is 10.9 Å². The molecule has 1 aliphatic carbocycles. The molecule has 0 bridgehead atoms. The number of amides is 1. The second kappa shape index (κ2) is 6.04. The van der Waals surface area contributed by atoms with Crippen LogP contribution in [0.15, 0.2) is 10.9 Å². The van der Waals surface area contributed by atoms with Gasteiger partial charge in [0.25, 0.3) is 11.5 Å². The third-order valence-electron chi connectivity index (χ3n) is 3.99. The minimum Gasteiger partial charge on any atom is -0.340 e. The molecular weight excluding hydrogens is 282 g/mol. The zero-order valence-corrected chi connectivity index (χ0v) is 13.6. The van der Waals surface area contributed by atoms with Gasteiger partial charge in [0.1, 0.15) is 5.56 Å². The summed E-state index contributed by atoms with van der Waals surface area (Å²) in [5.41, 5.74) is 0.559. The van der Waals surface area contributed by atoms with Gasteiger partial charge in [0, 0.05) is 37.8 Å². The highest BCUT2D eigenvalue weighted by Crippen LogP contribution is 2.33. The Morgan fingerprint density at radius 2 is 2.05 bits per heavy atom. The molecule has 0 fully saturated rings. The maximum absolute atomic E-state index is 12.4. The van der Waals surface area contributed by atoms with Crippen LogP contribution in [0.3, 0.4) is 0 Å². The second-order valence-corrected chi connectivity index (χ2v) is 6.68. The van der Waals surface area contributed by atoms with Crippen molar-refractivity contribution >= 4 is 11.7 Å². The van der Waals surface area contributed by atoms with E-state index in [0.717, 1.165) is 0 Å². The molecule has 1 aliphatic rings. The number of Topliss-reactive ketones (excluding diaryl/α,β-unsaturated/α-hetero) is 1. The van der Waals surface area contributed by atoms with Gasteiger partial charge in [-0.2, -0.15) is 0 Å². The normalized spacial score (nSPS) is 16.3. The maximum Gasteiger partial charge on any atom is 0.261 e. The summed E-state index contributed by atoms with van der Waals surface area (Å²) in [7, 11) is 3.44. The lowest BCUT2D eigenvalue weighted by Gasteiger charge is -2.30. The van der Waals surface area contributed by atoms with Crippen LogP contribution in [0.4, 0.5) is 0 Å². The van der Waals surface area contributed by atoms with Gasteiger partial charge in [0.15, 0.2) is 5.78 Å². The van der Waals surface area contributed by atoms with E-state index < -0.39 is 5.56 Å². The third-order valence-corrected chi connectivity index (χ3v) is 3.99. The molecule has 22 heavy (non-hydrogen) atoms. The number of carbonyl (C=O) groups is 2. The van der Waals surface area contributed by atoms with Gasteiger partial charge in [0.05, 0.1) is 0 Å². The molecule has 6 heteroatoms. The Kier molecular flexibility index (Phi) is 4.51. The van der Waals surface area contributed by atoms with E-state index in [9.17, 15) is 14.4 Å². The molecule has 0 saturated carbocycles. The van der Waals surface area contributed by atoms with Crippen molar-refractivity contribution in [2.24, 2.45) is 5.41 Å². The number of fused-ring (bicyclic) bond motifs is 1. The van der Waals surface area contributed by atoms with Gasteiger partial charge in [-0.05, 0) is 24.9 Å². The van der Waals surface area contributed by atoms with Crippen molar-refractivity contribution in [3.05, 3.63) is 33.2 Å². The number of pyridine rings is 1. The number of carbonyl (C=O) groups excluding carboxylic acids is 2. The fourth-order valence-electron chi connectivity index (χ4n) is 2.77. The molecule has 1 aromatic heterocycles. The van der Waals surface area contributed by atoms with Gasteiger partial charge in [-0.1, -0.05) is 13.8 Å².